The topological polar surface area (TPSA) is 44.8 Å². The second-order valence-corrected chi connectivity index (χ2v) is 7.00. The lowest BCUT2D eigenvalue weighted by atomic mass is 10.0. The Morgan fingerprint density at radius 3 is 2.62 bits per heavy atom. The van der Waals surface area contributed by atoms with E-state index in [4.69, 9.17) is 4.74 Å². The molecule has 0 aliphatic carbocycles. The van der Waals surface area contributed by atoms with E-state index in [9.17, 15) is 4.79 Å². The number of carbonyl (C=O) groups excluding carboxylic acids is 1. The number of amides is 1. The molecule has 0 aromatic heterocycles. The molecular weight excluding hydrogens is 302 g/mol. The lowest BCUT2D eigenvalue weighted by Gasteiger charge is -2.37. The van der Waals surface area contributed by atoms with Gasteiger partial charge in [-0.25, -0.2) is 0 Å². The molecule has 134 valence electrons. The van der Waals surface area contributed by atoms with Crippen molar-refractivity contribution in [3.05, 3.63) is 29.8 Å². The lowest BCUT2D eigenvalue weighted by molar-refractivity contribution is -0.123. The Hall–Kier alpha value is -1.59. The predicted octanol–water partition coefficient (Wildman–Crippen LogP) is 1.94. The number of nitrogens with one attached hydrogen (secondary N) is 1. The maximum absolute atomic E-state index is 12.0. The van der Waals surface area contributed by atoms with Crippen LogP contribution in [0.15, 0.2) is 24.3 Å². The molecule has 1 aromatic carbocycles. The first-order valence-corrected chi connectivity index (χ1v) is 8.87. The van der Waals surface area contributed by atoms with E-state index in [2.05, 4.69) is 55.1 Å². The SMILES string of the molecule is CC(C)c1ccc(OCCNC(=O)CN2CCN(C)C[C@H]2C)cc1. The quantitative estimate of drug-likeness (QED) is 0.775. The zero-order valence-corrected chi connectivity index (χ0v) is 15.4. The van der Waals surface area contributed by atoms with Gasteiger partial charge in [-0.1, -0.05) is 26.0 Å². The third-order valence-electron chi connectivity index (χ3n) is 4.55. The van der Waals surface area contributed by atoms with Crippen molar-refractivity contribution >= 4 is 5.91 Å². The molecule has 1 aliphatic heterocycles. The Kier molecular flexibility index (Phi) is 7.06. The molecule has 1 aromatic rings. The summed E-state index contributed by atoms with van der Waals surface area (Å²) in [7, 11) is 2.12. The van der Waals surface area contributed by atoms with Gasteiger partial charge in [0.2, 0.25) is 5.91 Å². The monoisotopic (exact) mass is 333 g/mol. The van der Waals surface area contributed by atoms with Gasteiger partial charge in [0.15, 0.2) is 0 Å². The molecule has 0 unspecified atom stereocenters. The predicted molar refractivity (Wildman–Crippen MR) is 97.6 cm³/mol. The van der Waals surface area contributed by atoms with Gasteiger partial charge >= 0.3 is 0 Å². The van der Waals surface area contributed by atoms with Gasteiger partial charge < -0.3 is 15.0 Å². The fourth-order valence-electron chi connectivity index (χ4n) is 2.96. The van der Waals surface area contributed by atoms with Crippen LogP contribution in [0.4, 0.5) is 0 Å². The average molecular weight is 333 g/mol. The fourth-order valence-corrected chi connectivity index (χ4v) is 2.96. The van der Waals surface area contributed by atoms with Crippen molar-refractivity contribution in [2.24, 2.45) is 0 Å². The third kappa shape index (κ3) is 5.80. The van der Waals surface area contributed by atoms with Gasteiger partial charge in [0.25, 0.3) is 0 Å². The Balaban J connectivity index is 1.64. The van der Waals surface area contributed by atoms with E-state index >= 15 is 0 Å². The molecule has 24 heavy (non-hydrogen) atoms. The summed E-state index contributed by atoms with van der Waals surface area (Å²) in [6.45, 7) is 11.0. The average Bonchev–Trinajstić information content (AvgIpc) is 2.55. The largest absolute Gasteiger partial charge is 0.492 e. The van der Waals surface area contributed by atoms with Crippen molar-refractivity contribution in [2.75, 3.05) is 46.4 Å². The number of hydrogen-bond acceptors (Lipinski definition) is 4. The van der Waals surface area contributed by atoms with E-state index in [0.717, 1.165) is 25.4 Å². The summed E-state index contributed by atoms with van der Waals surface area (Å²) >= 11 is 0. The van der Waals surface area contributed by atoms with Crippen LogP contribution in [0.2, 0.25) is 0 Å². The number of ether oxygens (including phenoxy) is 1. The summed E-state index contributed by atoms with van der Waals surface area (Å²) in [5.41, 5.74) is 1.30. The van der Waals surface area contributed by atoms with Crippen LogP contribution in [0.5, 0.6) is 5.75 Å². The van der Waals surface area contributed by atoms with Crippen LogP contribution in [0.25, 0.3) is 0 Å². The first kappa shape index (κ1) is 18.7. The van der Waals surface area contributed by atoms with Crippen molar-refractivity contribution in [3.63, 3.8) is 0 Å². The highest BCUT2D eigenvalue weighted by Gasteiger charge is 2.22. The summed E-state index contributed by atoms with van der Waals surface area (Å²) < 4.78 is 5.68. The first-order chi connectivity index (χ1) is 11.5. The number of likely N-dealkylation sites (N-methyl/N-ethyl adjacent to an activating group) is 1. The number of piperazine rings is 1. The smallest absolute Gasteiger partial charge is 0.234 e. The normalized spacial score (nSPS) is 19.5. The molecule has 1 amide bonds. The van der Waals surface area contributed by atoms with Gasteiger partial charge in [0.1, 0.15) is 12.4 Å². The van der Waals surface area contributed by atoms with Crippen molar-refractivity contribution < 1.29 is 9.53 Å². The molecule has 0 saturated carbocycles. The summed E-state index contributed by atoms with van der Waals surface area (Å²) in [6.07, 6.45) is 0. The van der Waals surface area contributed by atoms with Gasteiger partial charge in [-0.3, -0.25) is 9.69 Å². The molecule has 2 rings (SSSR count). The molecule has 1 saturated heterocycles. The molecular formula is C19H31N3O2. The maximum Gasteiger partial charge on any atom is 0.234 e. The van der Waals surface area contributed by atoms with Crippen LogP contribution in [0.1, 0.15) is 32.3 Å². The first-order valence-electron chi connectivity index (χ1n) is 8.87. The summed E-state index contributed by atoms with van der Waals surface area (Å²) in [5.74, 6) is 1.45. The van der Waals surface area contributed by atoms with Gasteiger partial charge in [-0.05, 0) is 37.6 Å². The van der Waals surface area contributed by atoms with Crippen LogP contribution in [-0.4, -0.2) is 68.1 Å². The van der Waals surface area contributed by atoms with Crippen LogP contribution in [0.3, 0.4) is 0 Å². The van der Waals surface area contributed by atoms with E-state index in [1.165, 1.54) is 5.56 Å². The minimum atomic E-state index is 0.0742. The number of nitrogens with zero attached hydrogens (tertiary/aromatic N) is 2. The zero-order chi connectivity index (χ0) is 17.5. The number of carbonyl (C=O) groups is 1. The van der Waals surface area contributed by atoms with Crippen molar-refractivity contribution in [2.45, 2.75) is 32.7 Å². The molecule has 5 heteroatoms. The molecule has 0 radical (unpaired) electrons. The van der Waals surface area contributed by atoms with E-state index in [-0.39, 0.29) is 5.91 Å². The van der Waals surface area contributed by atoms with E-state index < -0.39 is 0 Å². The van der Waals surface area contributed by atoms with Gasteiger partial charge in [0, 0.05) is 25.7 Å². The van der Waals surface area contributed by atoms with Crippen molar-refractivity contribution in [1.82, 2.24) is 15.1 Å². The zero-order valence-electron chi connectivity index (χ0n) is 15.4. The summed E-state index contributed by atoms with van der Waals surface area (Å²) in [4.78, 5) is 16.6. The molecule has 1 atom stereocenters. The van der Waals surface area contributed by atoms with E-state index in [1.807, 2.05) is 12.1 Å². The fraction of sp³-hybridized carbons (Fsp3) is 0.632. The van der Waals surface area contributed by atoms with Crippen LogP contribution in [-0.2, 0) is 4.79 Å². The second kappa shape index (κ2) is 9.04. The molecule has 1 fully saturated rings. The Labute approximate surface area is 146 Å². The number of benzene rings is 1. The molecule has 1 N–H and O–H groups in total. The maximum atomic E-state index is 12.0. The highest BCUT2D eigenvalue weighted by molar-refractivity contribution is 5.78. The van der Waals surface area contributed by atoms with Crippen LogP contribution < -0.4 is 10.1 Å². The molecule has 1 heterocycles. The second-order valence-electron chi connectivity index (χ2n) is 7.00. The molecule has 0 bridgehead atoms. The third-order valence-corrected chi connectivity index (χ3v) is 4.55. The number of hydrogen-bond donors (Lipinski definition) is 1. The lowest BCUT2D eigenvalue weighted by Crippen LogP contribution is -2.53. The van der Waals surface area contributed by atoms with Crippen LogP contribution >= 0.6 is 0 Å². The Morgan fingerprint density at radius 1 is 1.29 bits per heavy atom. The summed E-state index contributed by atoms with van der Waals surface area (Å²) in [6, 6.07) is 8.58. The van der Waals surface area contributed by atoms with E-state index in [1.54, 1.807) is 0 Å². The molecule has 5 nitrogen and oxygen atoms in total. The highest BCUT2D eigenvalue weighted by atomic mass is 16.5. The number of rotatable bonds is 7. The van der Waals surface area contributed by atoms with Crippen LogP contribution in [0, 0.1) is 0 Å². The van der Waals surface area contributed by atoms with E-state index in [0.29, 0.717) is 31.7 Å². The van der Waals surface area contributed by atoms with Gasteiger partial charge in [-0.15, -0.1) is 0 Å². The van der Waals surface area contributed by atoms with Crippen molar-refractivity contribution in [3.8, 4) is 5.75 Å². The summed E-state index contributed by atoms with van der Waals surface area (Å²) in [5, 5.41) is 2.94. The van der Waals surface area contributed by atoms with Gasteiger partial charge in [0.05, 0.1) is 13.1 Å². The molecule has 1 aliphatic rings. The molecule has 0 spiro atoms. The Bertz CT molecular complexity index is 516. The highest BCUT2D eigenvalue weighted by Crippen LogP contribution is 2.18. The standard InChI is InChI=1S/C19H31N3O2/c1-15(2)17-5-7-18(8-6-17)24-12-9-20-19(23)14-22-11-10-21(4)13-16(22)3/h5-8,15-16H,9-14H2,1-4H3,(H,20,23)/t16-/m1/s1. The van der Waals surface area contributed by atoms with Gasteiger partial charge in [-0.2, -0.15) is 0 Å². The minimum absolute atomic E-state index is 0.0742. The van der Waals surface area contributed by atoms with Crippen molar-refractivity contribution in [1.29, 1.82) is 0 Å². The Morgan fingerprint density at radius 2 is 2.00 bits per heavy atom. The minimum Gasteiger partial charge on any atom is -0.492 e.